The topological polar surface area (TPSA) is 76.1 Å². The smallest absolute Gasteiger partial charge is 0.295 e. The average molecular weight is 470 g/mol. The summed E-state index contributed by atoms with van der Waals surface area (Å²) < 4.78 is 11.2. The zero-order valence-electron chi connectivity index (χ0n) is 19.6. The number of hydrogen-bond donors (Lipinski definition) is 1. The van der Waals surface area contributed by atoms with Crippen LogP contribution in [0.2, 0.25) is 0 Å². The highest BCUT2D eigenvalue weighted by atomic mass is 16.6. The summed E-state index contributed by atoms with van der Waals surface area (Å²) in [5.74, 6) is -0.419. The van der Waals surface area contributed by atoms with Crippen LogP contribution in [0.5, 0.6) is 11.5 Å². The van der Waals surface area contributed by atoms with E-state index in [1.807, 2.05) is 54.6 Å². The van der Waals surface area contributed by atoms with E-state index in [1.54, 1.807) is 23.1 Å². The van der Waals surface area contributed by atoms with Gasteiger partial charge in [-0.25, -0.2) is 0 Å². The van der Waals surface area contributed by atoms with Crippen molar-refractivity contribution in [2.75, 3.05) is 19.8 Å². The lowest BCUT2D eigenvalue weighted by atomic mass is 9.94. The van der Waals surface area contributed by atoms with E-state index in [-0.39, 0.29) is 11.3 Å². The first-order valence-electron chi connectivity index (χ1n) is 11.9. The highest BCUT2D eigenvalue weighted by molar-refractivity contribution is 6.46. The first-order chi connectivity index (χ1) is 17.1. The minimum absolute atomic E-state index is 0.0870. The second-order valence-electron chi connectivity index (χ2n) is 8.68. The Kier molecular flexibility index (Phi) is 6.27. The van der Waals surface area contributed by atoms with Crippen molar-refractivity contribution in [3.8, 4) is 11.5 Å². The molecular weight excluding hydrogens is 442 g/mol. The number of nitrogens with zero attached hydrogens (tertiary/aromatic N) is 1. The molecule has 1 saturated heterocycles. The molecule has 3 aromatic carbocycles. The number of aliphatic hydroxyl groups excluding tert-OH is 1. The molecule has 0 saturated carbocycles. The first kappa shape index (κ1) is 22.7. The molecule has 2 aliphatic rings. The van der Waals surface area contributed by atoms with E-state index in [9.17, 15) is 14.7 Å². The van der Waals surface area contributed by atoms with Crippen LogP contribution in [0.3, 0.4) is 0 Å². The van der Waals surface area contributed by atoms with Gasteiger partial charge in [0.05, 0.1) is 11.6 Å². The van der Waals surface area contributed by atoms with Crippen molar-refractivity contribution in [2.45, 2.75) is 25.8 Å². The molecule has 2 heterocycles. The molecule has 35 heavy (non-hydrogen) atoms. The minimum Gasteiger partial charge on any atom is -0.507 e. The number of rotatable bonds is 6. The predicted octanol–water partition coefficient (Wildman–Crippen LogP) is 4.68. The quantitative estimate of drug-likeness (QED) is 0.322. The maximum Gasteiger partial charge on any atom is 0.295 e. The molecule has 3 aromatic rings. The fourth-order valence-corrected chi connectivity index (χ4v) is 4.63. The Morgan fingerprint density at radius 3 is 2.34 bits per heavy atom. The van der Waals surface area contributed by atoms with Crippen molar-refractivity contribution in [1.29, 1.82) is 0 Å². The summed E-state index contributed by atoms with van der Waals surface area (Å²) in [5, 5.41) is 11.3. The Morgan fingerprint density at radius 2 is 1.63 bits per heavy atom. The van der Waals surface area contributed by atoms with Crippen LogP contribution >= 0.6 is 0 Å². The molecule has 0 bridgehead atoms. The molecule has 1 fully saturated rings. The summed E-state index contributed by atoms with van der Waals surface area (Å²) >= 11 is 0. The van der Waals surface area contributed by atoms with Gasteiger partial charge >= 0.3 is 0 Å². The van der Waals surface area contributed by atoms with Crippen LogP contribution in [-0.4, -0.2) is 41.5 Å². The van der Waals surface area contributed by atoms with E-state index in [0.717, 1.165) is 23.1 Å². The van der Waals surface area contributed by atoms with E-state index in [0.29, 0.717) is 43.2 Å². The van der Waals surface area contributed by atoms with Crippen LogP contribution in [0, 0.1) is 0 Å². The van der Waals surface area contributed by atoms with Gasteiger partial charge in [-0.3, -0.25) is 9.59 Å². The van der Waals surface area contributed by atoms with Gasteiger partial charge in [0.15, 0.2) is 11.5 Å². The third-order valence-corrected chi connectivity index (χ3v) is 6.54. The molecule has 6 nitrogen and oxygen atoms in total. The second-order valence-corrected chi connectivity index (χ2v) is 8.68. The number of carbonyl (C=O) groups excluding carboxylic acids is 2. The van der Waals surface area contributed by atoms with Crippen LogP contribution in [0.4, 0.5) is 0 Å². The molecule has 1 unspecified atom stereocenters. The van der Waals surface area contributed by atoms with E-state index >= 15 is 0 Å². The van der Waals surface area contributed by atoms with Crippen LogP contribution in [-0.2, 0) is 22.4 Å². The van der Waals surface area contributed by atoms with E-state index in [1.165, 1.54) is 0 Å². The molecule has 0 radical (unpaired) electrons. The Hall–Kier alpha value is -4.06. The minimum atomic E-state index is -0.685. The van der Waals surface area contributed by atoms with E-state index in [4.69, 9.17) is 9.47 Å². The highest BCUT2D eigenvalue weighted by Crippen LogP contribution is 2.41. The molecule has 2 aliphatic heterocycles. The number of benzene rings is 3. The largest absolute Gasteiger partial charge is 0.507 e. The number of ketones is 1. The number of aryl methyl sites for hydroxylation is 1. The Bertz CT molecular complexity index is 1280. The standard InChI is InChI=1S/C29H27NO5/c1-2-19-8-10-21(11-9-19)26-25(27(31)22-12-13-23-24(18-22)35-17-16-34-23)28(32)29(33)30(26)15-14-20-6-4-3-5-7-20/h3-13,18,26,31H,2,14-17H2,1H3/b27-25-. The normalized spacial score (nSPS) is 18.7. The highest BCUT2D eigenvalue weighted by Gasteiger charge is 2.45. The number of carbonyl (C=O) groups is 2. The maximum atomic E-state index is 13.3. The summed E-state index contributed by atoms with van der Waals surface area (Å²) in [6, 6.07) is 22.1. The van der Waals surface area contributed by atoms with Gasteiger partial charge in [0.25, 0.3) is 11.7 Å². The van der Waals surface area contributed by atoms with E-state index < -0.39 is 17.7 Å². The third kappa shape index (κ3) is 4.39. The van der Waals surface area contributed by atoms with Crippen LogP contribution in [0.1, 0.15) is 35.2 Å². The summed E-state index contributed by atoms with van der Waals surface area (Å²) in [7, 11) is 0. The van der Waals surface area contributed by atoms with Gasteiger partial charge < -0.3 is 19.5 Å². The number of amides is 1. The van der Waals surface area contributed by atoms with Crippen LogP contribution < -0.4 is 9.47 Å². The lowest BCUT2D eigenvalue weighted by Gasteiger charge is -2.26. The zero-order chi connectivity index (χ0) is 24.4. The number of likely N-dealkylation sites (tertiary alicyclic amines) is 1. The Labute approximate surface area is 204 Å². The van der Waals surface area contributed by atoms with Crippen molar-refractivity contribution >= 4 is 17.4 Å². The molecular formula is C29H27NO5. The Morgan fingerprint density at radius 1 is 0.914 bits per heavy atom. The third-order valence-electron chi connectivity index (χ3n) is 6.54. The molecule has 0 aromatic heterocycles. The SMILES string of the molecule is CCc1ccc(C2/C(=C(/O)c3ccc4c(c3)OCCO4)C(=O)C(=O)N2CCc2ccccc2)cc1. The molecule has 1 atom stereocenters. The Balaban J connectivity index is 1.57. The molecule has 0 spiro atoms. The lowest BCUT2D eigenvalue weighted by molar-refractivity contribution is -0.139. The second kappa shape index (κ2) is 9.66. The zero-order valence-corrected chi connectivity index (χ0v) is 19.6. The predicted molar refractivity (Wildman–Crippen MR) is 132 cm³/mol. The van der Waals surface area contributed by atoms with Gasteiger partial charge in [0, 0.05) is 12.1 Å². The molecule has 5 rings (SSSR count). The number of fused-ring (bicyclic) bond motifs is 1. The number of ether oxygens (including phenoxy) is 2. The van der Waals surface area contributed by atoms with Gasteiger partial charge in [-0.2, -0.15) is 0 Å². The fourth-order valence-electron chi connectivity index (χ4n) is 4.63. The van der Waals surface area contributed by atoms with Crippen molar-refractivity contribution in [3.63, 3.8) is 0 Å². The van der Waals surface area contributed by atoms with Gasteiger partial charge in [-0.05, 0) is 47.7 Å². The van der Waals surface area contributed by atoms with Gasteiger partial charge in [-0.1, -0.05) is 61.5 Å². The molecule has 178 valence electrons. The maximum absolute atomic E-state index is 13.3. The molecule has 6 heteroatoms. The average Bonchev–Trinajstić information content (AvgIpc) is 3.16. The van der Waals surface area contributed by atoms with Crippen molar-refractivity contribution in [2.24, 2.45) is 0 Å². The van der Waals surface area contributed by atoms with Crippen molar-refractivity contribution in [1.82, 2.24) is 4.90 Å². The van der Waals surface area contributed by atoms with Crippen LogP contribution in [0.15, 0.2) is 78.4 Å². The summed E-state index contributed by atoms with van der Waals surface area (Å²) in [6.07, 6.45) is 1.48. The van der Waals surface area contributed by atoms with Gasteiger partial charge in [-0.15, -0.1) is 0 Å². The number of aliphatic hydroxyl groups is 1. The van der Waals surface area contributed by atoms with Gasteiger partial charge in [0.1, 0.15) is 19.0 Å². The summed E-state index contributed by atoms with van der Waals surface area (Å²) in [5.41, 5.74) is 3.51. The molecule has 1 amide bonds. The summed E-state index contributed by atoms with van der Waals surface area (Å²) in [4.78, 5) is 28.0. The van der Waals surface area contributed by atoms with E-state index in [2.05, 4.69) is 6.92 Å². The van der Waals surface area contributed by atoms with Crippen molar-refractivity contribution < 1.29 is 24.2 Å². The number of hydrogen-bond acceptors (Lipinski definition) is 5. The lowest BCUT2D eigenvalue weighted by Crippen LogP contribution is -2.31. The van der Waals surface area contributed by atoms with Crippen molar-refractivity contribution in [3.05, 3.63) is 101 Å². The summed E-state index contributed by atoms with van der Waals surface area (Å²) in [6.45, 7) is 3.29. The fraction of sp³-hybridized carbons (Fsp3) is 0.241. The van der Waals surface area contributed by atoms with Crippen LogP contribution in [0.25, 0.3) is 5.76 Å². The first-order valence-corrected chi connectivity index (χ1v) is 11.9. The molecule has 0 aliphatic carbocycles. The van der Waals surface area contributed by atoms with Gasteiger partial charge in [0.2, 0.25) is 0 Å². The molecule has 1 N–H and O–H groups in total. The number of Topliss-reactive ketones (excluding diaryl/α,β-unsaturated/α-hetero) is 1. The monoisotopic (exact) mass is 469 g/mol.